The van der Waals surface area contributed by atoms with Crippen molar-refractivity contribution in [1.82, 2.24) is 9.88 Å². The maximum atomic E-state index is 11.8. The summed E-state index contributed by atoms with van der Waals surface area (Å²) in [4.78, 5) is 17.2. The van der Waals surface area contributed by atoms with Crippen LogP contribution in [0.5, 0.6) is 0 Å². The molecule has 2 rings (SSSR count). The summed E-state index contributed by atoms with van der Waals surface area (Å²) >= 11 is 5.68. The fourth-order valence-electron chi connectivity index (χ4n) is 1.64. The standard InChI is InChI=1S/C10H11ClN2O2/c1-10(15)5-13(6-10)9(14)7-2-3-12-8(11)4-7/h2-4,15H,5-6H2,1H3. The number of β-amino-alcohol motifs (C(OH)–C–C–N with tert-alkyl or cyclic N) is 1. The summed E-state index contributed by atoms with van der Waals surface area (Å²) < 4.78 is 0. The first-order chi connectivity index (χ1) is 6.98. The lowest BCUT2D eigenvalue weighted by molar-refractivity contribution is -0.0668. The summed E-state index contributed by atoms with van der Waals surface area (Å²) in [6.07, 6.45) is 1.49. The van der Waals surface area contributed by atoms with Crippen LogP contribution in [-0.2, 0) is 0 Å². The molecule has 15 heavy (non-hydrogen) atoms. The first-order valence-corrected chi connectivity index (χ1v) is 4.99. The molecule has 0 atom stereocenters. The Balaban J connectivity index is 2.10. The summed E-state index contributed by atoms with van der Waals surface area (Å²) in [7, 11) is 0. The number of halogens is 1. The van der Waals surface area contributed by atoms with Crippen LogP contribution in [0.2, 0.25) is 5.15 Å². The predicted molar refractivity (Wildman–Crippen MR) is 55.8 cm³/mol. The summed E-state index contributed by atoms with van der Waals surface area (Å²) in [5.41, 5.74) is -0.238. The molecule has 0 saturated carbocycles. The van der Waals surface area contributed by atoms with E-state index in [1.165, 1.54) is 12.3 Å². The number of hydrogen-bond donors (Lipinski definition) is 1. The molecular formula is C10H11ClN2O2. The van der Waals surface area contributed by atoms with E-state index in [1.807, 2.05) is 0 Å². The van der Waals surface area contributed by atoms with Crippen LogP contribution in [0.1, 0.15) is 17.3 Å². The third-order valence-corrected chi connectivity index (χ3v) is 2.53. The molecular weight excluding hydrogens is 216 g/mol. The number of hydrogen-bond acceptors (Lipinski definition) is 3. The zero-order valence-electron chi connectivity index (χ0n) is 8.27. The Labute approximate surface area is 92.5 Å². The molecule has 1 fully saturated rings. The summed E-state index contributed by atoms with van der Waals surface area (Å²) in [5, 5.41) is 9.80. The molecule has 1 saturated heterocycles. The number of amides is 1. The highest BCUT2D eigenvalue weighted by atomic mass is 35.5. The van der Waals surface area contributed by atoms with Gasteiger partial charge in [-0.3, -0.25) is 4.79 Å². The van der Waals surface area contributed by atoms with Crippen molar-refractivity contribution >= 4 is 17.5 Å². The van der Waals surface area contributed by atoms with E-state index < -0.39 is 5.60 Å². The van der Waals surface area contributed by atoms with Crippen LogP contribution in [0.25, 0.3) is 0 Å². The Bertz CT molecular complexity index is 398. The number of rotatable bonds is 1. The molecule has 1 aliphatic rings. The smallest absolute Gasteiger partial charge is 0.254 e. The fourth-order valence-corrected chi connectivity index (χ4v) is 1.81. The minimum Gasteiger partial charge on any atom is -0.386 e. The quantitative estimate of drug-likeness (QED) is 0.726. The van der Waals surface area contributed by atoms with E-state index in [2.05, 4.69) is 4.98 Å². The van der Waals surface area contributed by atoms with Gasteiger partial charge >= 0.3 is 0 Å². The van der Waals surface area contributed by atoms with Crippen molar-refractivity contribution in [2.24, 2.45) is 0 Å². The molecule has 1 amide bonds. The third-order valence-electron chi connectivity index (χ3n) is 2.32. The van der Waals surface area contributed by atoms with Crippen molar-refractivity contribution in [2.45, 2.75) is 12.5 Å². The van der Waals surface area contributed by atoms with Gasteiger partial charge in [0.15, 0.2) is 0 Å². The molecule has 0 unspecified atom stereocenters. The Morgan fingerprint density at radius 1 is 1.67 bits per heavy atom. The van der Waals surface area contributed by atoms with Crippen molar-refractivity contribution in [1.29, 1.82) is 0 Å². The summed E-state index contributed by atoms with van der Waals surface area (Å²) in [6, 6.07) is 3.14. The minimum atomic E-state index is -0.744. The number of aromatic nitrogens is 1. The molecule has 0 bridgehead atoms. The fraction of sp³-hybridized carbons (Fsp3) is 0.400. The molecule has 1 aromatic heterocycles. The number of nitrogens with zero attached hydrogens (tertiary/aromatic N) is 2. The van der Waals surface area contributed by atoms with Gasteiger partial charge in [0.25, 0.3) is 5.91 Å². The van der Waals surface area contributed by atoms with Gasteiger partial charge in [0.1, 0.15) is 5.15 Å². The molecule has 0 radical (unpaired) electrons. The highest BCUT2D eigenvalue weighted by Crippen LogP contribution is 2.22. The number of carbonyl (C=O) groups excluding carboxylic acids is 1. The van der Waals surface area contributed by atoms with Gasteiger partial charge in [0.05, 0.1) is 18.7 Å². The molecule has 2 heterocycles. The summed E-state index contributed by atoms with van der Waals surface area (Å²) in [5.74, 6) is -0.120. The highest BCUT2D eigenvalue weighted by Gasteiger charge is 2.39. The van der Waals surface area contributed by atoms with Crippen LogP contribution in [-0.4, -0.2) is 39.6 Å². The molecule has 1 N–H and O–H groups in total. The SMILES string of the molecule is CC1(O)CN(C(=O)c2ccnc(Cl)c2)C1. The van der Waals surface area contributed by atoms with Crippen molar-refractivity contribution < 1.29 is 9.90 Å². The van der Waals surface area contributed by atoms with Crippen LogP contribution in [0, 0.1) is 0 Å². The Morgan fingerprint density at radius 2 is 2.33 bits per heavy atom. The molecule has 1 aliphatic heterocycles. The van der Waals surface area contributed by atoms with Crippen LogP contribution in [0.4, 0.5) is 0 Å². The van der Waals surface area contributed by atoms with Gasteiger partial charge < -0.3 is 10.0 Å². The van der Waals surface area contributed by atoms with Crippen molar-refractivity contribution in [3.05, 3.63) is 29.0 Å². The van der Waals surface area contributed by atoms with Gasteiger partial charge in [-0.25, -0.2) is 4.98 Å². The Hall–Kier alpha value is -1.13. The van der Waals surface area contributed by atoms with Crippen LogP contribution in [0.15, 0.2) is 18.3 Å². The first-order valence-electron chi connectivity index (χ1n) is 4.61. The predicted octanol–water partition coefficient (Wildman–Crippen LogP) is 0.942. The normalized spacial score (nSPS) is 18.5. The molecule has 80 valence electrons. The number of carbonyl (C=O) groups is 1. The third kappa shape index (κ3) is 2.11. The average molecular weight is 227 g/mol. The lowest BCUT2D eigenvalue weighted by atomic mass is 9.96. The highest BCUT2D eigenvalue weighted by molar-refractivity contribution is 6.29. The average Bonchev–Trinajstić information content (AvgIpc) is 2.13. The Morgan fingerprint density at radius 3 is 2.87 bits per heavy atom. The molecule has 1 aromatic rings. The van der Waals surface area contributed by atoms with Gasteiger partial charge in [-0.2, -0.15) is 0 Å². The summed E-state index contributed by atoms with van der Waals surface area (Å²) in [6.45, 7) is 2.44. The number of pyridine rings is 1. The molecule has 5 heteroatoms. The monoisotopic (exact) mass is 226 g/mol. The van der Waals surface area contributed by atoms with Crippen molar-refractivity contribution in [3.63, 3.8) is 0 Å². The molecule has 4 nitrogen and oxygen atoms in total. The maximum absolute atomic E-state index is 11.8. The van der Waals surface area contributed by atoms with Crippen LogP contribution < -0.4 is 0 Å². The lowest BCUT2D eigenvalue weighted by Crippen LogP contribution is -2.61. The Kier molecular flexibility index (Phi) is 2.40. The van der Waals surface area contributed by atoms with E-state index in [0.717, 1.165) is 0 Å². The minimum absolute atomic E-state index is 0.120. The van der Waals surface area contributed by atoms with Gasteiger partial charge in [0, 0.05) is 11.8 Å². The van der Waals surface area contributed by atoms with Gasteiger partial charge in [-0.1, -0.05) is 11.6 Å². The molecule has 0 aliphatic carbocycles. The second-order valence-electron chi connectivity index (χ2n) is 4.03. The number of likely N-dealkylation sites (tertiary alicyclic amines) is 1. The number of aliphatic hydroxyl groups is 1. The van der Waals surface area contributed by atoms with Crippen LogP contribution >= 0.6 is 11.6 Å². The van der Waals surface area contributed by atoms with Crippen LogP contribution in [0.3, 0.4) is 0 Å². The van der Waals surface area contributed by atoms with E-state index in [-0.39, 0.29) is 5.91 Å². The lowest BCUT2D eigenvalue weighted by Gasteiger charge is -2.44. The van der Waals surface area contributed by atoms with Gasteiger partial charge in [-0.15, -0.1) is 0 Å². The second-order valence-corrected chi connectivity index (χ2v) is 4.41. The molecule has 0 aromatic carbocycles. The van der Waals surface area contributed by atoms with E-state index >= 15 is 0 Å². The largest absolute Gasteiger partial charge is 0.386 e. The van der Waals surface area contributed by atoms with E-state index in [4.69, 9.17) is 11.6 Å². The van der Waals surface area contributed by atoms with E-state index in [0.29, 0.717) is 23.8 Å². The zero-order valence-corrected chi connectivity index (χ0v) is 9.03. The van der Waals surface area contributed by atoms with Gasteiger partial charge in [-0.05, 0) is 19.1 Å². The maximum Gasteiger partial charge on any atom is 0.254 e. The van der Waals surface area contributed by atoms with E-state index in [9.17, 15) is 9.90 Å². The van der Waals surface area contributed by atoms with Crippen molar-refractivity contribution in [2.75, 3.05) is 13.1 Å². The van der Waals surface area contributed by atoms with Gasteiger partial charge in [0.2, 0.25) is 0 Å². The topological polar surface area (TPSA) is 53.4 Å². The van der Waals surface area contributed by atoms with E-state index in [1.54, 1.807) is 17.9 Å². The molecule has 0 spiro atoms. The zero-order chi connectivity index (χ0) is 11.1. The second kappa shape index (κ2) is 3.47. The first kappa shape index (κ1) is 10.4. The van der Waals surface area contributed by atoms with Crippen molar-refractivity contribution in [3.8, 4) is 0 Å².